The van der Waals surface area contributed by atoms with Crippen LogP contribution in [0.15, 0.2) is 46.9 Å². The molecule has 5 heteroatoms. The zero-order valence-corrected chi connectivity index (χ0v) is 9.97. The zero-order valence-electron chi connectivity index (χ0n) is 9.97. The predicted molar refractivity (Wildman–Crippen MR) is 69.2 cm³/mol. The minimum atomic E-state index is -0.352. The molecule has 3 rings (SSSR count). The number of halogens is 1. The summed E-state index contributed by atoms with van der Waals surface area (Å²) in [4.78, 5) is 4.20. The highest BCUT2D eigenvalue weighted by Crippen LogP contribution is 2.19. The summed E-state index contributed by atoms with van der Waals surface area (Å²) < 4.78 is 23.9. The summed E-state index contributed by atoms with van der Waals surface area (Å²) in [5, 5.41) is 0. The molecule has 0 amide bonds. The highest BCUT2D eigenvalue weighted by atomic mass is 19.1. The Hall–Kier alpha value is -2.56. The molecule has 0 aliphatic rings. The summed E-state index contributed by atoms with van der Waals surface area (Å²) in [6.45, 7) is 0.181. The molecule has 0 saturated carbocycles. The van der Waals surface area contributed by atoms with Crippen LogP contribution in [-0.2, 0) is 6.61 Å². The molecule has 0 unspecified atom stereocenters. The number of aromatic nitrogens is 1. The minimum absolute atomic E-state index is 0.181. The van der Waals surface area contributed by atoms with E-state index in [2.05, 4.69) is 4.98 Å². The van der Waals surface area contributed by atoms with Crippen LogP contribution in [0.5, 0.6) is 5.75 Å². The van der Waals surface area contributed by atoms with Gasteiger partial charge >= 0.3 is 0 Å². The smallest absolute Gasteiger partial charge is 0.233 e. The van der Waals surface area contributed by atoms with Crippen LogP contribution < -0.4 is 10.5 Å². The van der Waals surface area contributed by atoms with Crippen LogP contribution in [0.3, 0.4) is 0 Å². The molecule has 19 heavy (non-hydrogen) atoms. The highest BCUT2D eigenvalue weighted by molar-refractivity contribution is 5.72. The van der Waals surface area contributed by atoms with Crippen molar-refractivity contribution in [3.05, 3.63) is 54.2 Å². The van der Waals surface area contributed by atoms with Crippen molar-refractivity contribution in [1.29, 1.82) is 0 Å². The minimum Gasteiger partial charge on any atom is -0.484 e. The number of hydrogen-bond acceptors (Lipinski definition) is 4. The molecule has 0 fully saturated rings. The van der Waals surface area contributed by atoms with Gasteiger partial charge in [0.25, 0.3) is 0 Å². The fourth-order valence-electron chi connectivity index (χ4n) is 1.72. The maximum Gasteiger partial charge on any atom is 0.233 e. The molecule has 1 aromatic heterocycles. The molecule has 4 nitrogen and oxygen atoms in total. The molecule has 96 valence electrons. The van der Waals surface area contributed by atoms with Gasteiger partial charge in [-0.2, -0.15) is 0 Å². The molecule has 3 aromatic rings. The van der Waals surface area contributed by atoms with Gasteiger partial charge in [0, 0.05) is 11.8 Å². The number of anilines is 1. The summed E-state index contributed by atoms with van der Waals surface area (Å²) in [5.41, 5.74) is 7.27. The van der Waals surface area contributed by atoms with E-state index in [1.54, 1.807) is 30.3 Å². The first kappa shape index (κ1) is 11.5. The monoisotopic (exact) mass is 258 g/mol. The van der Waals surface area contributed by atoms with Crippen LogP contribution in [0.4, 0.5) is 10.1 Å². The van der Waals surface area contributed by atoms with Gasteiger partial charge in [-0.05, 0) is 36.4 Å². The molecule has 0 radical (unpaired) electrons. The molecule has 0 bridgehead atoms. The molecular formula is C14H11FN2O2. The van der Waals surface area contributed by atoms with E-state index in [1.807, 2.05) is 0 Å². The third kappa shape index (κ3) is 2.49. The Balaban J connectivity index is 1.76. The Labute approximate surface area is 108 Å². The summed E-state index contributed by atoms with van der Waals surface area (Å²) in [6.07, 6.45) is 0. The molecule has 0 aliphatic carbocycles. The second-order valence-electron chi connectivity index (χ2n) is 4.08. The van der Waals surface area contributed by atoms with E-state index in [9.17, 15) is 4.39 Å². The van der Waals surface area contributed by atoms with E-state index >= 15 is 0 Å². The van der Waals surface area contributed by atoms with Gasteiger partial charge < -0.3 is 14.9 Å². The lowest BCUT2D eigenvalue weighted by molar-refractivity contribution is 0.267. The van der Waals surface area contributed by atoms with Crippen molar-refractivity contribution in [2.24, 2.45) is 0 Å². The van der Waals surface area contributed by atoms with Crippen molar-refractivity contribution >= 4 is 16.8 Å². The average Bonchev–Trinajstić information content (AvgIpc) is 2.80. The van der Waals surface area contributed by atoms with E-state index in [1.165, 1.54) is 12.1 Å². The first-order valence-electron chi connectivity index (χ1n) is 5.74. The quantitative estimate of drug-likeness (QED) is 0.733. The van der Waals surface area contributed by atoms with Crippen molar-refractivity contribution < 1.29 is 13.5 Å². The number of oxazole rings is 1. The molecular weight excluding hydrogens is 247 g/mol. The van der Waals surface area contributed by atoms with E-state index in [-0.39, 0.29) is 12.4 Å². The van der Waals surface area contributed by atoms with Crippen LogP contribution in [0, 0.1) is 5.82 Å². The standard InChI is InChI=1S/C14H11FN2O2/c15-9-1-6-12-13(7-9)19-14(17-12)8-18-11-4-2-10(16)3-5-11/h1-7H,8,16H2. The first-order chi connectivity index (χ1) is 9.20. The normalized spacial score (nSPS) is 10.8. The Morgan fingerprint density at radius 2 is 1.95 bits per heavy atom. The van der Waals surface area contributed by atoms with Crippen LogP contribution in [-0.4, -0.2) is 4.98 Å². The number of nitrogens with two attached hydrogens (primary N) is 1. The van der Waals surface area contributed by atoms with Crippen molar-refractivity contribution in [2.75, 3.05) is 5.73 Å². The largest absolute Gasteiger partial charge is 0.484 e. The van der Waals surface area contributed by atoms with Crippen molar-refractivity contribution in [1.82, 2.24) is 4.98 Å². The number of rotatable bonds is 3. The van der Waals surface area contributed by atoms with Gasteiger partial charge in [0.15, 0.2) is 12.2 Å². The van der Waals surface area contributed by atoms with Crippen LogP contribution in [0.2, 0.25) is 0 Å². The Morgan fingerprint density at radius 3 is 2.74 bits per heavy atom. The second-order valence-corrected chi connectivity index (χ2v) is 4.08. The Morgan fingerprint density at radius 1 is 1.16 bits per heavy atom. The van der Waals surface area contributed by atoms with Crippen molar-refractivity contribution in [2.45, 2.75) is 6.61 Å². The molecule has 1 heterocycles. The van der Waals surface area contributed by atoms with E-state index in [4.69, 9.17) is 14.9 Å². The predicted octanol–water partition coefficient (Wildman–Crippen LogP) is 3.13. The molecule has 2 N–H and O–H groups in total. The van der Waals surface area contributed by atoms with Gasteiger partial charge in [-0.3, -0.25) is 0 Å². The van der Waals surface area contributed by atoms with Gasteiger partial charge in [-0.1, -0.05) is 0 Å². The topological polar surface area (TPSA) is 61.3 Å². The lowest BCUT2D eigenvalue weighted by atomic mass is 10.3. The first-order valence-corrected chi connectivity index (χ1v) is 5.74. The van der Waals surface area contributed by atoms with Crippen LogP contribution in [0.1, 0.15) is 5.89 Å². The number of nitrogen functional groups attached to an aromatic ring is 1. The van der Waals surface area contributed by atoms with Crippen molar-refractivity contribution in [3.63, 3.8) is 0 Å². The highest BCUT2D eigenvalue weighted by Gasteiger charge is 2.07. The number of fused-ring (bicyclic) bond motifs is 1. The Kier molecular flexibility index (Phi) is 2.79. The molecule has 2 aromatic carbocycles. The van der Waals surface area contributed by atoms with Crippen LogP contribution >= 0.6 is 0 Å². The third-order valence-corrected chi connectivity index (χ3v) is 2.64. The Bertz CT molecular complexity index is 707. The molecule has 0 saturated heterocycles. The summed E-state index contributed by atoms with van der Waals surface area (Å²) in [5.74, 6) is 0.717. The van der Waals surface area contributed by atoms with Gasteiger partial charge in [-0.25, -0.2) is 9.37 Å². The third-order valence-electron chi connectivity index (χ3n) is 2.64. The van der Waals surface area contributed by atoms with Crippen LogP contribution in [0.25, 0.3) is 11.1 Å². The van der Waals surface area contributed by atoms with Gasteiger partial charge in [-0.15, -0.1) is 0 Å². The molecule has 0 spiro atoms. The second kappa shape index (κ2) is 4.61. The number of benzene rings is 2. The molecule has 0 aliphatic heterocycles. The lowest BCUT2D eigenvalue weighted by Crippen LogP contribution is -1.95. The average molecular weight is 258 g/mol. The maximum absolute atomic E-state index is 13.0. The summed E-state index contributed by atoms with van der Waals surface area (Å²) in [7, 11) is 0. The fraction of sp³-hybridized carbons (Fsp3) is 0.0714. The number of nitrogens with zero attached hydrogens (tertiary/aromatic N) is 1. The van der Waals surface area contributed by atoms with E-state index in [0.717, 1.165) is 0 Å². The van der Waals surface area contributed by atoms with Gasteiger partial charge in [0.1, 0.15) is 17.1 Å². The molecule has 0 atom stereocenters. The SMILES string of the molecule is Nc1ccc(OCc2nc3ccc(F)cc3o2)cc1. The summed E-state index contributed by atoms with van der Waals surface area (Å²) >= 11 is 0. The fourth-order valence-corrected chi connectivity index (χ4v) is 1.72. The zero-order chi connectivity index (χ0) is 13.2. The van der Waals surface area contributed by atoms with E-state index in [0.29, 0.717) is 28.4 Å². The van der Waals surface area contributed by atoms with Crippen molar-refractivity contribution in [3.8, 4) is 5.75 Å². The number of hydrogen-bond donors (Lipinski definition) is 1. The lowest BCUT2D eigenvalue weighted by Gasteiger charge is -2.02. The number of ether oxygens (including phenoxy) is 1. The summed E-state index contributed by atoms with van der Waals surface area (Å²) in [6, 6.07) is 11.2. The maximum atomic E-state index is 13.0. The van der Waals surface area contributed by atoms with Gasteiger partial charge in [0.2, 0.25) is 5.89 Å². The van der Waals surface area contributed by atoms with Gasteiger partial charge in [0.05, 0.1) is 0 Å². The van der Waals surface area contributed by atoms with E-state index < -0.39 is 0 Å².